The van der Waals surface area contributed by atoms with E-state index in [-0.39, 0.29) is 6.42 Å². The zero-order valence-electron chi connectivity index (χ0n) is 10.6. The van der Waals surface area contributed by atoms with Crippen molar-refractivity contribution in [1.29, 1.82) is 0 Å². The fraction of sp³-hybridized carbons (Fsp3) is 0.533. The van der Waals surface area contributed by atoms with E-state index in [2.05, 4.69) is 6.07 Å². The molecule has 0 saturated heterocycles. The van der Waals surface area contributed by atoms with E-state index in [0.717, 1.165) is 16.6 Å². The van der Waals surface area contributed by atoms with Gasteiger partial charge in [0.15, 0.2) is 0 Å². The van der Waals surface area contributed by atoms with Crippen molar-refractivity contribution < 1.29 is 9.90 Å². The van der Waals surface area contributed by atoms with Crippen molar-refractivity contribution in [3.05, 3.63) is 35.4 Å². The zero-order chi connectivity index (χ0) is 12.8. The maximum Gasteiger partial charge on any atom is 0.307 e. The minimum Gasteiger partial charge on any atom is -0.481 e. The number of hydrogen-bond donors (Lipinski definition) is 1. The highest BCUT2D eigenvalue weighted by Gasteiger charge is 2.14. The molecule has 0 aromatic heterocycles. The Labute approximate surface area is 113 Å². The molecule has 3 heteroatoms. The highest BCUT2D eigenvalue weighted by Crippen LogP contribution is 2.31. The molecule has 98 valence electrons. The number of carboxylic acids is 1. The van der Waals surface area contributed by atoms with Crippen molar-refractivity contribution in [3.63, 3.8) is 0 Å². The molecular formula is C15H20O2S. The molecule has 18 heavy (non-hydrogen) atoms. The molecule has 1 aliphatic rings. The molecule has 1 aliphatic carbocycles. The third kappa shape index (κ3) is 4.05. The fourth-order valence-corrected chi connectivity index (χ4v) is 3.84. The summed E-state index contributed by atoms with van der Waals surface area (Å²) in [6.45, 7) is 0. The number of rotatable bonds is 5. The Hall–Kier alpha value is -0.960. The summed E-state index contributed by atoms with van der Waals surface area (Å²) in [7, 11) is 0. The molecule has 0 unspecified atom stereocenters. The van der Waals surface area contributed by atoms with Crippen LogP contribution < -0.4 is 0 Å². The van der Waals surface area contributed by atoms with Gasteiger partial charge in [0.25, 0.3) is 0 Å². The van der Waals surface area contributed by atoms with E-state index in [9.17, 15) is 4.79 Å². The highest BCUT2D eigenvalue weighted by molar-refractivity contribution is 7.99. The zero-order valence-corrected chi connectivity index (χ0v) is 11.4. The Balaban J connectivity index is 1.93. The van der Waals surface area contributed by atoms with Gasteiger partial charge in [-0.15, -0.1) is 0 Å². The van der Waals surface area contributed by atoms with Gasteiger partial charge in [-0.05, 0) is 24.0 Å². The number of thioether (sulfide) groups is 1. The molecule has 0 bridgehead atoms. The molecule has 1 N–H and O–H groups in total. The molecule has 0 amide bonds. The predicted molar refractivity (Wildman–Crippen MR) is 75.9 cm³/mol. The minimum absolute atomic E-state index is 0.140. The number of carbonyl (C=O) groups is 1. The smallest absolute Gasteiger partial charge is 0.307 e. The molecule has 2 nitrogen and oxygen atoms in total. The number of aliphatic carboxylic acids is 1. The van der Waals surface area contributed by atoms with Crippen molar-refractivity contribution in [3.8, 4) is 0 Å². The van der Waals surface area contributed by atoms with Gasteiger partial charge in [-0.2, -0.15) is 11.8 Å². The van der Waals surface area contributed by atoms with Crippen LogP contribution in [0.2, 0.25) is 0 Å². The molecule has 1 aromatic rings. The maximum absolute atomic E-state index is 10.8. The van der Waals surface area contributed by atoms with E-state index in [4.69, 9.17) is 5.11 Å². The van der Waals surface area contributed by atoms with Crippen LogP contribution in [-0.2, 0) is 17.0 Å². The number of benzene rings is 1. The first-order valence-electron chi connectivity index (χ1n) is 6.66. The summed E-state index contributed by atoms with van der Waals surface area (Å²) in [5.41, 5.74) is 2.16. The van der Waals surface area contributed by atoms with Crippen molar-refractivity contribution in [2.24, 2.45) is 0 Å². The van der Waals surface area contributed by atoms with E-state index in [0.29, 0.717) is 0 Å². The van der Waals surface area contributed by atoms with Crippen LogP contribution in [0.3, 0.4) is 0 Å². The third-order valence-electron chi connectivity index (χ3n) is 3.49. The standard InChI is InChI=1S/C15H20O2S/c16-15(17)10-12-6-4-5-7-13(12)11-18-14-8-2-1-3-9-14/h4-7,14H,1-3,8-11H2,(H,16,17). The van der Waals surface area contributed by atoms with Crippen molar-refractivity contribution >= 4 is 17.7 Å². The summed E-state index contributed by atoms with van der Waals surface area (Å²) in [6, 6.07) is 7.92. The van der Waals surface area contributed by atoms with Crippen LogP contribution >= 0.6 is 11.8 Å². The third-order valence-corrected chi connectivity index (χ3v) is 4.91. The average molecular weight is 264 g/mol. The van der Waals surface area contributed by atoms with Crippen LogP contribution in [0.15, 0.2) is 24.3 Å². The van der Waals surface area contributed by atoms with Gasteiger partial charge >= 0.3 is 5.97 Å². The van der Waals surface area contributed by atoms with Crippen LogP contribution in [0.4, 0.5) is 0 Å². The van der Waals surface area contributed by atoms with Crippen LogP contribution in [0.25, 0.3) is 0 Å². The van der Waals surface area contributed by atoms with Crippen molar-refractivity contribution in [2.75, 3.05) is 0 Å². The lowest BCUT2D eigenvalue weighted by Gasteiger charge is -2.21. The first-order valence-corrected chi connectivity index (χ1v) is 7.71. The second kappa shape index (κ2) is 6.83. The first-order chi connectivity index (χ1) is 8.75. The summed E-state index contributed by atoms with van der Waals surface area (Å²) in [5.74, 6) is 0.207. The van der Waals surface area contributed by atoms with Gasteiger partial charge < -0.3 is 5.11 Å². The maximum atomic E-state index is 10.8. The molecule has 1 fully saturated rings. The van der Waals surface area contributed by atoms with E-state index in [1.54, 1.807) is 0 Å². The Morgan fingerprint density at radius 3 is 2.50 bits per heavy atom. The normalized spacial score (nSPS) is 16.7. The van der Waals surface area contributed by atoms with Gasteiger partial charge in [0, 0.05) is 11.0 Å². The van der Waals surface area contributed by atoms with Gasteiger partial charge in [-0.3, -0.25) is 4.79 Å². The van der Waals surface area contributed by atoms with E-state index in [1.807, 2.05) is 30.0 Å². The van der Waals surface area contributed by atoms with Gasteiger partial charge in [-0.25, -0.2) is 0 Å². The second-order valence-electron chi connectivity index (χ2n) is 4.91. The summed E-state index contributed by atoms with van der Waals surface area (Å²) in [5, 5.41) is 9.68. The topological polar surface area (TPSA) is 37.3 Å². The Bertz CT molecular complexity index is 397. The molecule has 1 saturated carbocycles. The van der Waals surface area contributed by atoms with Crippen LogP contribution in [0.1, 0.15) is 43.2 Å². The van der Waals surface area contributed by atoms with Gasteiger partial charge in [0.1, 0.15) is 0 Å². The van der Waals surface area contributed by atoms with Crippen LogP contribution in [0.5, 0.6) is 0 Å². The summed E-state index contributed by atoms with van der Waals surface area (Å²) >= 11 is 2.00. The minimum atomic E-state index is -0.745. The first kappa shape index (κ1) is 13.5. The monoisotopic (exact) mass is 264 g/mol. The van der Waals surface area contributed by atoms with Gasteiger partial charge in [0.05, 0.1) is 6.42 Å². The Morgan fingerprint density at radius 2 is 1.83 bits per heavy atom. The SMILES string of the molecule is O=C(O)Cc1ccccc1CSC1CCCCC1. The lowest BCUT2D eigenvalue weighted by atomic mass is 10.0. The van der Waals surface area contributed by atoms with Gasteiger partial charge in [0.2, 0.25) is 0 Å². The number of hydrogen-bond acceptors (Lipinski definition) is 2. The fourth-order valence-electron chi connectivity index (χ4n) is 2.47. The molecule has 1 aromatic carbocycles. The van der Waals surface area contributed by atoms with E-state index in [1.165, 1.54) is 37.7 Å². The predicted octanol–water partition coefficient (Wildman–Crippen LogP) is 3.88. The quantitative estimate of drug-likeness (QED) is 0.877. The average Bonchev–Trinajstić information content (AvgIpc) is 2.38. The summed E-state index contributed by atoms with van der Waals surface area (Å²) in [6.07, 6.45) is 6.88. The Morgan fingerprint density at radius 1 is 1.17 bits per heavy atom. The summed E-state index contributed by atoms with van der Waals surface area (Å²) in [4.78, 5) is 10.8. The molecule has 0 atom stereocenters. The Kier molecular flexibility index (Phi) is 5.12. The highest BCUT2D eigenvalue weighted by atomic mass is 32.2. The van der Waals surface area contributed by atoms with Crippen molar-refractivity contribution in [1.82, 2.24) is 0 Å². The van der Waals surface area contributed by atoms with Crippen LogP contribution in [-0.4, -0.2) is 16.3 Å². The lowest BCUT2D eigenvalue weighted by molar-refractivity contribution is -0.136. The van der Waals surface area contributed by atoms with E-state index < -0.39 is 5.97 Å². The molecule has 0 aliphatic heterocycles. The summed E-state index contributed by atoms with van der Waals surface area (Å²) < 4.78 is 0. The molecule has 0 heterocycles. The largest absolute Gasteiger partial charge is 0.481 e. The van der Waals surface area contributed by atoms with Crippen LogP contribution in [0, 0.1) is 0 Å². The van der Waals surface area contributed by atoms with Crippen molar-refractivity contribution in [2.45, 2.75) is 49.5 Å². The van der Waals surface area contributed by atoms with Gasteiger partial charge in [-0.1, -0.05) is 43.5 Å². The molecular weight excluding hydrogens is 244 g/mol. The lowest BCUT2D eigenvalue weighted by Crippen LogP contribution is -2.09. The molecule has 0 radical (unpaired) electrons. The molecule has 0 spiro atoms. The number of carboxylic acid groups (broad SMARTS) is 1. The van der Waals surface area contributed by atoms with E-state index >= 15 is 0 Å². The second-order valence-corrected chi connectivity index (χ2v) is 6.20. The molecule has 2 rings (SSSR count).